The van der Waals surface area contributed by atoms with Crippen LogP contribution in [0.25, 0.3) is 11.0 Å². The third-order valence-electron chi connectivity index (χ3n) is 4.12. The van der Waals surface area contributed by atoms with Crippen LogP contribution in [0.5, 0.6) is 0 Å². The molecule has 0 bridgehead atoms. The van der Waals surface area contributed by atoms with Gasteiger partial charge in [-0.2, -0.15) is 0 Å². The molecule has 0 aliphatic carbocycles. The third-order valence-corrected chi connectivity index (χ3v) is 5.74. The fourth-order valence-corrected chi connectivity index (χ4v) is 3.81. The van der Waals surface area contributed by atoms with Gasteiger partial charge in [-0.15, -0.1) is 0 Å². The zero-order valence-corrected chi connectivity index (χ0v) is 19.7. The molecule has 4 aromatic heterocycles. The monoisotopic (exact) mass is 552 g/mol. The number of hydrogen-bond acceptors (Lipinski definition) is 6. The van der Waals surface area contributed by atoms with Crippen LogP contribution in [-0.2, 0) is 6.54 Å². The van der Waals surface area contributed by atoms with E-state index in [1.807, 2.05) is 29.1 Å². The van der Waals surface area contributed by atoms with E-state index in [2.05, 4.69) is 59.2 Å². The first-order valence-corrected chi connectivity index (χ1v) is 10.7. The molecule has 4 heterocycles. The van der Waals surface area contributed by atoms with Gasteiger partial charge in [-0.25, -0.2) is 0 Å². The SMILES string of the molecule is CC(C)n1cc(Nc2nc(NCc3ccccn3)c3cc[n]([Tl])c3n2)cn1. The molecule has 0 unspecified atom stereocenters. The molecule has 8 nitrogen and oxygen atoms in total. The second-order valence-electron chi connectivity index (χ2n) is 6.46. The second-order valence-corrected chi connectivity index (χ2v) is 8.62. The number of pyridine rings is 1. The van der Waals surface area contributed by atoms with E-state index in [0.717, 1.165) is 28.2 Å². The molecule has 0 amide bonds. The number of fused-ring (bicyclic) bond motifs is 1. The second kappa shape index (κ2) is 7.63. The predicted octanol–water partition coefficient (Wildman–Crippen LogP) is 2.89. The standard InChI is InChI=1S/C18H19N8.Tl/c1-12(2)26-11-14(10-22-26)23-18-24-16-15(6-8-20-16)17(25-18)21-9-13-5-3-4-7-19-13;/h3-8,10-12H,9H2,1-2H3,(H2-,20,21,23,24,25);/q-1;+1. The Hall–Kier alpha value is -2.50. The molecule has 4 rings (SSSR count). The number of aromatic nitrogens is 6. The van der Waals surface area contributed by atoms with Crippen molar-refractivity contribution in [1.29, 1.82) is 0 Å². The summed E-state index contributed by atoms with van der Waals surface area (Å²) in [6.45, 7) is 4.79. The van der Waals surface area contributed by atoms with Crippen LogP contribution in [-0.4, -0.2) is 53.2 Å². The van der Waals surface area contributed by atoms with Gasteiger partial charge in [-0.3, -0.25) is 0 Å². The number of anilines is 3. The van der Waals surface area contributed by atoms with E-state index in [4.69, 9.17) is 0 Å². The van der Waals surface area contributed by atoms with Crippen molar-refractivity contribution in [3.63, 3.8) is 0 Å². The molecule has 0 spiro atoms. The molecule has 0 aliphatic heterocycles. The first-order chi connectivity index (χ1) is 13.1. The summed E-state index contributed by atoms with van der Waals surface area (Å²) in [6, 6.07) is 8.24. The molecule has 9 heteroatoms. The molecule has 0 saturated carbocycles. The molecule has 134 valence electrons. The summed E-state index contributed by atoms with van der Waals surface area (Å²) in [5.41, 5.74) is 2.76. The summed E-state index contributed by atoms with van der Waals surface area (Å²) in [7, 11) is 0. The first kappa shape index (κ1) is 17.9. The maximum absolute atomic E-state index is 4.69. The van der Waals surface area contributed by atoms with Gasteiger partial charge in [0.2, 0.25) is 0 Å². The van der Waals surface area contributed by atoms with Crippen molar-refractivity contribution in [3.8, 4) is 0 Å². The van der Waals surface area contributed by atoms with Gasteiger partial charge in [0.15, 0.2) is 0 Å². The van der Waals surface area contributed by atoms with Crippen LogP contribution in [0.1, 0.15) is 25.6 Å². The Morgan fingerprint density at radius 3 is 2.81 bits per heavy atom. The minimum absolute atomic E-state index is 0.305. The van der Waals surface area contributed by atoms with Crippen LogP contribution in [0.4, 0.5) is 17.5 Å². The van der Waals surface area contributed by atoms with Gasteiger partial charge < -0.3 is 0 Å². The van der Waals surface area contributed by atoms with Gasteiger partial charge in [0.05, 0.1) is 0 Å². The van der Waals surface area contributed by atoms with Gasteiger partial charge >= 0.3 is 173 Å². The molecule has 0 radical (unpaired) electrons. The average Bonchev–Trinajstić information content (AvgIpc) is 3.28. The number of nitrogens with one attached hydrogen (secondary N) is 2. The Morgan fingerprint density at radius 2 is 2.07 bits per heavy atom. The summed E-state index contributed by atoms with van der Waals surface area (Å²) in [4.78, 5) is 13.7. The Kier molecular flexibility index (Phi) is 5.05. The third kappa shape index (κ3) is 3.94. The zero-order chi connectivity index (χ0) is 18.8. The minimum atomic E-state index is 0.305. The van der Waals surface area contributed by atoms with E-state index in [0.29, 0.717) is 44.6 Å². The van der Waals surface area contributed by atoms with Gasteiger partial charge in [-0.1, -0.05) is 0 Å². The number of rotatable bonds is 6. The van der Waals surface area contributed by atoms with Crippen LogP contribution in [0.3, 0.4) is 0 Å². The summed E-state index contributed by atoms with van der Waals surface area (Å²) >= 11 is 0.627. The van der Waals surface area contributed by atoms with E-state index in [1.165, 1.54) is 0 Å². The Morgan fingerprint density at radius 1 is 1.19 bits per heavy atom. The van der Waals surface area contributed by atoms with E-state index in [1.54, 1.807) is 12.4 Å². The topological polar surface area (TPSA) is 85.5 Å². The van der Waals surface area contributed by atoms with Gasteiger partial charge in [-0.05, 0) is 0 Å². The molecule has 0 aliphatic rings. The molecular weight excluding hydrogens is 533 g/mol. The van der Waals surface area contributed by atoms with Crippen molar-refractivity contribution >= 4 is 54.6 Å². The molecular formula is C18H19N8Tl. The average molecular weight is 552 g/mol. The predicted molar refractivity (Wildman–Crippen MR) is 106 cm³/mol. The summed E-state index contributed by atoms with van der Waals surface area (Å²) in [6.07, 6.45) is 7.59. The quantitative estimate of drug-likeness (QED) is 0.359. The van der Waals surface area contributed by atoms with E-state index < -0.39 is 0 Å². The van der Waals surface area contributed by atoms with Gasteiger partial charge in [0.1, 0.15) is 0 Å². The zero-order valence-electron chi connectivity index (χ0n) is 15.2. The van der Waals surface area contributed by atoms with Crippen LogP contribution >= 0.6 is 0 Å². The van der Waals surface area contributed by atoms with Crippen molar-refractivity contribution in [2.75, 3.05) is 10.6 Å². The Labute approximate surface area is 173 Å². The number of hydrogen-bond donors (Lipinski definition) is 2. The van der Waals surface area contributed by atoms with Crippen molar-refractivity contribution < 1.29 is 0 Å². The Bertz CT molecular complexity index is 1050. The summed E-state index contributed by atoms with van der Waals surface area (Å²) < 4.78 is 4.05. The molecule has 0 aromatic carbocycles. The Balaban J connectivity index is 1.63. The summed E-state index contributed by atoms with van der Waals surface area (Å²) in [5.74, 6) is 1.35. The molecule has 0 saturated heterocycles. The summed E-state index contributed by atoms with van der Waals surface area (Å²) in [5, 5.41) is 12.0. The molecule has 4 aromatic rings. The molecule has 2 N–H and O–H groups in total. The molecule has 0 atom stereocenters. The van der Waals surface area contributed by atoms with Crippen LogP contribution in [0.2, 0.25) is 0 Å². The van der Waals surface area contributed by atoms with E-state index in [-0.39, 0.29) is 0 Å². The normalized spacial score (nSPS) is 11.2. The molecule has 27 heavy (non-hydrogen) atoms. The van der Waals surface area contributed by atoms with E-state index in [9.17, 15) is 0 Å². The fourth-order valence-electron chi connectivity index (χ4n) is 2.72. The number of nitrogens with zero attached hydrogens (tertiary/aromatic N) is 6. The van der Waals surface area contributed by atoms with Gasteiger partial charge in [0.25, 0.3) is 0 Å². The van der Waals surface area contributed by atoms with Crippen molar-refractivity contribution in [2.24, 2.45) is 0 Å². The first-order valence-electron chi connectivity index (χ1n) is 8.69. The van der Waals surface area contributed by atoms with Crippen LogP contribution < -0.4 is 10.6 Å². The van der Waals surface area contributed by atoms with Crippen LogP contribution in [0.15, 0.2) is 49.1 Å². The molecule has 0 fully saturated rings. The van der Waals surface area contributed by atoms with Crippen molar-refractivity contribution in [3.05, 3.63) is 54.7 Å². The van der Waals surface area contributed by atoms with Crippen molar-refractivity contribution in [1.82, 2.24) is 27.1 Å². The van der Waals surface area contributed by atoms with Crippen LogP contribution in [0, 0.1) is 0 Å². The van der Waals surface area contributed by atoms with E-state index >= 15 is 0 Å². The maximum atomic E-state index is 4.69. The van der Waals surface area contributed by atoms with Crippen molar-refractivity contribution in [2.45, 2.75) is 26.4 Å². The van der Waals surface area contributed by atoms with Gasteiger partial charge in [0, 0.05) is 0 Å². The fraction of sp³-hybridized carbons (Fsp3) is 0.222.